The van der Waals surface area contributed by atoms with Crippen LogP contribution in [0.5, 0.6) is 0 Å². The number of hydrogen-bond donors (Lipinski definition) is 2. The number of halogens is 2. The van der Waals surface area contributed by atoms with Crippen molar-refractivity contribution in [2.24, 2.45) is 17.8 Å². The molecule has 11 heterocycles. The molecule has 0 amide bonds. The van der Waals surface area contributed by atoms with Gasteiger partial charge in [-0.2, -0.15) is 0 Å². The molecule has 1 saturated heterocycles. The predicted octanol–water partition coefficient (Wildman–Crippen LogP) is 9.96. The van der Waals surface area contributed by atoms with Crippen LogP contribution in [0.1, 0.15) is 114 Å². The van der Waals surface area contributed by atoms with Gasteiger partial charge >= 0.3 is 25.0 Å². The highest BCUT2D eigenvalue weighted by Gasteiger charge is 2.50. The molecule has 0 unspecified atom stereocenters. The quantitative estimate of drug-likeness (QED) is 0.0206. The zero-order valence-electron chi connectivity index (χ0n) is 57.2. The maximum Gasteiger partial charge on any atom is 0.487 e. The van der Waals surface area contributed by atoms with E-state index >= 15 is 0 Å². The summed E-state index contributed by atoms with van der Waals surface area (Å²) in [6, 6.07) is 38.2. The van der Waals surface area contributed by atoms with Gasteiger partial charge in [0.05, 0.1) is 108 Å². The van der Waals surface area contributed by atoms with Crippen molar-refractivity contribution >= 4 is 116 Å². The van der Waals surface area contributed by atoms with Crippen molar-refractivity contribution in [3.05, 3.63) is 198 Å². The topological polar surface area (TPSA) is 284 Å². The van der Waals surface area contributed by atoms with Crippen molar-refractivity contribution in [2.45, 2.75) is 96.7 Å². The van der Waals surface area contributed by atoms with Crippen LogP contribution < -0.4 is 24.0 Å². The van der Waals surface area contributed by atoms with Crippen LogP contribution in [0.4, 0.5) is 0 Å². The molecule has 3 saturated carbocycles. The molecule has 3 radical (unpaired) electrons. The van der Waals surface area contributed by atoms with E-state index in [4.69, 9.17) is 45.3 Å². The van der Waals surface area contributed by atoms with Gasteiger partial charge in [0.15, 0.2) is 0 Å². The average molecular weight is 1500 g/mol. The second-order valence-electron chi connectivity index (χ2n) is 24.6. The molecule has 1 aliphatic heterocycles. The van der Waals surface area contributed by atoms with Gasteiger partial charge in [-0.15, -0.1) is 4.21 Å². The van der Waals surface area contributed by atoms with E-state index in [-0.39, 0.29) is 92.3 Å². The first-order chi connectivity index (χ1) is 46.5. The summed E-state index contributed by atoms with van der Waals surface area (Å²) in [4.78, 5) is 76.9. The minimum absolute atomic E-state index is 0. The largest absolute Gasteiger partial charge is 1.00 e. The molecule has 99 heavy (non-hydrogen) atoms. The number of ether oxygens (including phenoxy) is 3. The molecule has 2 N–H and O–H groups in total. The number of aromatic nitrogens is 10. The summed E-state index contributed by atoms with van der Waals surface area (Å²) < 4.78 is 36.1. The SMILES string of the molecule is CCOC(=O)/C=C/B1OC(C)(C)C(C)(C)O1.CCOC(=O)/C=C/c1ccc2ncccc2n1.CCOC(=O)[C@H]1C[C@@H]1c1ccc2ncccc2n1.C[S+](C)(C)=O.Clc1ccc2ncccc2n1.OC[C@H]1C[C@@H]1c1ccc2ncccc2n1.OC[C@H]1C[C@@H]1c1ccc2ncccc2n1.[B].[HH].[HH].[HH].[HH].[I-]. The number of nitrogens with zero attached hydrogens (tertiary/aromatic N) is 10. The van der Waals surface area contributed by atoms with Gasteiger partial charge in [0.1, 0.15) is 23.9 Å². The van der Waals surface area contributed by atoms with Crippen molar-refractivity contribution < 1.29 is 82.0 Å². The van der Waals surface area contributed by atoms with Crippen LogP contribution in [-0.4, -0.2) is 156 Å². The third-order valence-electron chi connectivity index (χ3n) is 15.8. The fourth-order valence-corrected chi connectivity index (χ4v) is 10.0. The second-order valence-corrected chi connectivity index (χ2v) is 28.4. The molecule has 10 aromatic rings. The van der Waals surface area contributed by atoms with E-state index < -0.39 is 17.1 Å². The highest BCUT2D eigenvalue weighted by atomic mass is 127. The molecular weight excluding hydrogens is 1410 g/mol. The molecule has 3 aliphatic carbocycles. The fraction of sp³-hybridized carbons (Fsp3) is 0.356. The first kappa shape index (κ1) is 79.8. The first-order valence-electron chi connectivity index (χ1n) is 32.1. The third-order valence-corrected chi connectivity index (χ3v) is 16.0. The number of pyridine rings is 10. The Labute approximate surface area is 609 Å². The number of rotatable bonds is 13. The summed E-state index contributed by atoms with van der Waals surface area (Å²) in [7, 11) is -1.91. The first-order valence-corrected chi connectivity index (χ1v) is 35.2. The van der Waals surface area contributed by atoms with Gasteiger partial charge in [-0.1, -0.05) is 11.6 Å². The molecule has 0 spiro atoms. The van der Waals surface area contributed by atoms with Gasteiger partial charge in [0, 0.05) is 105 Å². The molecule has 4 fully saturated rings. The smallest absolute Gasteiger partial charge is 0.487 e. The van der Waals surface area contributed by atoms with Crippen LogP contribution in [0.3, 0.4) is 0 Å². The fourth-order valence-electron chi connectivity index (χ4n) is 9.85. The lowest BCUT2D eigenvalue weighted by molar-refractivity contribution is -0.145. The van der Waals surface area contributed by atoms with Gasteiger partial charge in [-0.3, -0.25) is 44.7 Å². The van der Waals surface area contributed by atoms with E-state index in [1.54, 1.807) is 81.7 Å². The Kier molecular flexibility index (Phi) is 30.5. The Hall–Kier alpha value is -8.17. The molecule has 6 atom stereocenters. The van der Waals surface area contributed by atoms with Crippen LogP contribution in [-0.2, 0) is 52.0 Å². The summed E-state index contributed by atoms with van der Waals surface area (Å²) in [5.74, 6) is 2.71. The lowest BCUT2D eigenvalue weighted by Crippen LogP contribution is -3.00. The molecule has 21 nitrogen and oxygen atoms in total. The number of fused-ring (bicyclic) bond motifs is 5. The second kappa shape index (κ2) is 37.9. The Balaban J connectivity index is 0.000000411. The third kappa shape index (κ3) is 24.6. The van der Waals surface area contributed by atoms with Crippen LogP contribution in [0.2, 0.25) is 5.15 Å². The van der Waals surface area contributed by atoms with E-state index in [1.165, 1.54) is 12.2 Å². The van der Waals surface area contributed by atoms with Crippen molar-refractivity contribution in [1.29, 1.82) is 0 Å². The molecule has 0 aromatic carbocycles. The zero-order valence-corrected chi connectivity index (χ0v) is 61.0. The minimum Gasteiger partial charge on any atom is -1.00 e. The minimum atomic E-state index is -1.42. The van der Waals surface area contributed by atoms with Crippen molar-refractivity contribution in [2.75, 3.05) is 51.8 Å². The van der Waals surface area contributed by atoms with E-state index in [0.717, 1.165) is 91.5 Å². The monoisotopic (exact) mass is 1500 g/mol. The lowest BCUT2D eigenvalue weighted by atomic mass is 9.90. The summed E-state index contributed by atoms with van der Waals surface area (Å²) in [5.41, 5.74) is 12.0. The molecule has 26 heteroatoms. The number of aliphatic hydroxyl groups excluding tert-OH is 2. The van der Waals surface area contributed by atoms with Gasteiger partial charge in [0.2, 0.25) is 0 Å². The number of aliphatic hydroxyl groups is 2. The number of hydrogen-bond acceptors (Lipinski definition) is 21. The molecule has 0 bridgehead atoms. The molecule has 525 valence electrons. The van der Waals surface area contributed by atoms with Crippen LogP contribution in [0.15, 0.2) is 170 Å². The zero-order chi connectivity index (χ0) is 69.7. The van der Waals surface area contributed by atoms with Crippen LogP contribution >= 0.6 is 11.6 Å². The average Bonchev–Trinajstić information content (AvgIpc) is 1.66. The maximum absolute atomic E-state index is 11.6. The molecule has 14 rings (SSSR count). The Bertz CT molecular complexity index is 4330. The summed E-state index contributed by atoms with van der Waals surface area (Å²) in [6.45, 7) is 14.9. The number of esters is 3. The summed E-state index contributed by atoms with van der Waals surface area (Å²) >= 11 is 5.68. The predicted molar refractivity (Wildman–Crippen MR) is 394 cm³/mol. The van der Waals surface area contributed by atoms with E-state index in [2.05, 4.69) is 49.8 Å². The lowest BCUT2D eigenvalue weighted by Gasteiger charge is -2.32. The van der Waals surface area contributed by atoms with Gasteiger partial charge < -0.3 is 57.7 Å². The van der Waals surface area contributed by atoms with E-state index in [9.17, 15) is 18.6 Å². The summed E-state index contributed by atoms with van der Waals surface area (Å²) in [6.07, 6.45) is 21.2. The van der Waals surface area contributed by atoms with Crippen LogP contribution in [0, 0.1) is 17.8 Å². The highest BCUT2D eigenvalue weighted by molar-refractivity contribution is 8.00. The van der Waals surface area contributed by atoms with Gasteiger partial charge in [-0.05, 0) is 213 Å². The maximum atomic E-state index is 11.6. The molecule has 10 aromatic heterocycles. The Morgan fingerprint density at radius 1 is 0.525 bits per heavy atom. The summed E-state index contributed by atoms with van der Waals surface area (Å²) in [5, 5.41) is 18.5. The van der Waals surface area contributed by atoms with Gasteiger partial charge in [0.25, 0.3) is 0 Å². The number of carbonyl (C=O) groups excluding carboxylic acids is 3. The standard InChI is InChI=1S/C14H14N2O2.C13H12N2O2.2C12H12N2O.C11H19BO4.C8H5ClN2.C3H9OS.B.HI.4H2/c1-2-18-14(17)10-8-9(10)11-5-6-12-13(16-11)4-3-7-15-12;1-2-17-13(16)8-6-10-5-7-11-12(15-10)4-3-9-14-11;2*15-7-8-6-9(8)10-3-4-11-12(14-10)2-1-5-13-11;1-6-14-9(13)7-8-12-15-10(2,3)11(4,5)16-12;9-8-4-3-6-7(11-8)2-1-5-10-6;1-5(2,3)4;;;;;;/h3-7,9-10H,2,8H2,1H3;3-9H,2H2,1H3;2*1-5,8-9,15H,6-7H2;7-8H,6H2,1-5H3;1-5H;1-3H3;;5*1H/q;;;;;;+1;;;;;;/p-1/b;8-6+;;;8-7+;;;;;;;;/t9-,10-;;2*8-,9+;;;;;;;;;/m0.11........./s1. The van der Waals surface area contributed by atoms with Gasteiger partial charge in [-0.25, -0.2) is 19.6 Å². The number of carbonyl (C=O) groups is 3. The van der Waals surface area contributed by atoms with E-state index in [0.29, 0.717) is 54.3 Å². The normalized spacial score (nSPS) is 18.6. The van der Waals surface area contributed by atoms with E-state index in [1.807, 2.05) is 150 Å². The highest BCUT2D eigenvalue weighted by Crippen LogP contribution is 2.49. The van der Waals surface area contributed by atoms with Crippen molar-refractivity contribution in [1.82, 2.24) is 49.8 Å². The molecular formula is C73H91B2ClIN10O11S. The Morgan fingerprint density at radius 2 is 0.879 bits per heavy atom. The van der Waals surface area contributed by atoms with Crippen LogP contribution in [0.25, 0.3) is 61.2 Å². The molecule has 4 aliphatic rings. The van der Waals surface area contributed by atoms with Crippen molar-refractivity contribution in [3.63, 3.8) is 0 Å². The van der Waals surface area contributed by atoms with Crippen molar-refractivity contribution in [3.8, 4) is 0 Å². The Morgan fingerprint density at radius 3 is 1.26 bits per heavy atom.